The van der Waals surface area contributed by atoms with Crippen molar-refractivity contribution < 1.29 is 29.0 Å². The van der Waals surface area contributed by atoms with Crippen molar-refractivity contribution in [3.63, 3.8) is 0 Å². The van der Waals surface area contributed by atoms with E-state index in [-0.39, 0.29) is 16.9 Å². The summed E-state index contributed by atoms with van der Waals surface area (Å²) >= 11 is 0. The summed E-state index contributed by atoms with van der Waals surface area (Å²) in [5.41, 5.74) is 4.07. The highest BCUT2D eigenvalue weighted by atomic mass is 16.5. The normalized spacial score (nSPS) is 15.9. The number of benzene rings is 2. The Bertz CT molecular complexity index is 1610. The van der Waals surface area contributed by atoms with Gasteiger partial charge in [0.2, 0.25) is 0 Å². The maximum Gasteiger partial charge on any atom is 0.322 e. The second kappa shape index (κ2) is 10.9. The fourth-order valence-corrected chi connectivity index (χ4v) is 5.47. The molecule has 1 aromatic heterocycles. The molecule has 0 atom stereocenters. The number of anilines is 1. The van der Waals surface area contributed by atoms with E-state index < -0.39 is 35.5 Å². The molecule has 0 unspecified atom stereocenters. The molecule has 218 valence electrons. The van der Waals surface area contributed by atoms with Gasteiger partial charge in [0.15, 0.2) is 11.5 Å². The van der Waals surface area contributed by atoms with Crippen LogP contribution in [-0.4, -0.2) is 57.9 Å². The number of carbonyl (C=O) groups excluding carboxylic acids is 2. The Kier molecular flexibility index (Phi) is 7.49. The molecule has 0 fully saturated rings. The minimum Gasteiger partial charge on any atom is -0.490 e. The first-order valence-electron chi connectivity index (χ1n) is 13.8. The van der Waals surface area contributed by atoms with E-state index in [0.717, 1.165) is 16.7 Å². The zero-order chi connectivity index (χ0) is 30.2. The van der Waals surface area contributed by atoms with E-state index in [1.807, 2.05) is 26.8 Å². The summed E-state index contributed by atoms with van der Waals surface area (Å²) in [4.78, 5) is 46.5. The van der Waals surface area contributed by atoms with Crippen LogP contribution in [0, 0.1) is 0 Å². The lowest BCUT2D eigenvalue weighted by atomic mass is 9.80. The maximum atomic E-state index is 13.1. The highest BCUT2D eigenvalue weighted by Gasteiger charge is 2.40. The Morgan fingerprint density at radius 2 is 1.83 bits per heavy atom. The van der Waals surface area contributed by atoms with Crippen LogP contribution >= 0.6 is 0 Å². The van der Waals surface area contributed by atoms with Gasteiger partial charge in [-0.1, -0.05) is 12.1 Å². The van der Waals surface area contributed by atoms with Crippen LogP contribution in [0.4, 0.5) is 5.69 Å². The number of hydrogen-bond acceptors (Lipinski definition) is 7. The first-order chi connectivity index (χ1) is 19.9. The van der Waals surface area contributed by atoms with Crippen molar-refractivity contribution in [3.05, 3.63) is 82.2 Å². The van der Waals surface area contributed by atoms with Gasteiger partial charge in [0, 0.05) is 29.3 Å². The molecule has 3 aromatic rings. The van der Waals surface area contributed by atoms with Gasteiger partial charge in [-0.05, 0) is 76.9 Å². The number of amides is 2. The fourth-order valence-electron chi connectivity index (χ4n) is 5.47. The first kappa shape index (κ1) is 28.8. The molecule has 0 aliphatic carbocycles. The number of nitrogens with zero attached hydrogens (tertiary/aromatic N) is 2. The molecular formula is C32H34N4O6. The van der Waals surface area contributed by atoms with E-state index >= 15 is 0 Å². The Morgan fingerprint density at radius 1 is 1.05 bits per heavy atom. The van der Waals surface area contributed by atoms with Gasteiger partial charge in [0.1, 0.15) is 17.8 Å². The maximum absolute atomic E-state index is 13.1. The molecule has 3 N–H and O–H groups in total. The van der Waals surface area contributed by atoms with Crippen LogP contribution in [0.25, 0.3) is 0 Å². The van der Waals surface area contributed by atoms with Crippen molar-refractivity contribution in [3.8, 4) is 11.5 Å². The number of carboxylic acid groups (broad SMARTS) is 1. The van der Waals surface area contributed by atoms with Crippen LogP contribution in [-0.2, 0) is 17.6 Å². The van der Waals surface area contributed by atoms with Gasteiger partial charge in [-0.25, -0.2) is 0 Å². The number of pyridine rings is 1. The number of carboxylic acids is 1. The van der Waals surface area contributed by atoms with Gasteiger partial charge in [-0.2, -0.15) is 0 Å². The number of fused-ring (bicyclic) bond motifs is 3. The predicted molar refractivity (Wildman–Crippen MR) is 158 cm³/mol. The van der Waals surface area contributed by atoms with Crippen molar-refractivity contribution in [2.24, 2.45) is 4.99 Å². The average molecular weight is 571 g/mol. The Hall–Kier alpha value is -4.73. The Labute approximate surface area is 244 Å². The summed E-state index contributed by atoms with van der Waals surface area (Å²) in [5.74, 6) is -0.906. The van der Waals surface area contributed by atoms with E-state index in [0.29, 0.717) is 42.2 Å². The monoisotopic (exact) mass is 570 g/mol. The van der Waals surface area contributed by atoms with Crippen molar-refractivity contribution >= 4 is 29.2 Å². The summed E-state index contributed by atoms with van der Waals surface area (Å²) in [6.45, 7) is 10.1. The summed E-state index contributed by atoms with van der Waals surface area (Å²) in [5, 5.41) is 14.2. The lowest BCUT2D eigenvalue weighted by Crippen LogP contribution is -2.31. The number of ether oxygens (including phenoxy) is 2. The number of hydrogen-bond donors (Lipinski definition) is 3. The zero-order valence-corrected chi connectivity index (χ0v) is 24.3. The van der Waals surface area contributed by atoms with Gasteiger partial charge in [-0.15, -0.1) is 0 Å². The molecule has 42 heavy (non-hydrogen) atoms. The van der Waals surface area contributed by atoms with Crippen molar-refractivity contribution in [1.82, 2.24) is 10.3 Å². The Morgan fingerprint density at radius 3 is 2.52 bits per heavy atom. The number of aliphatic carboxylic acids is 1. The van der Waals surface area contributed by atoms with Crippen molar-refractivity contribution in [1.29, 1.82) is 0 Å². The zero-order valence-electron chi connectivity index (χ0n) is 24.3. The van der Waals surface area contributed by atoms with E-state index in [1.54, 1.807) is 36.4 Å². The summed E-state index contributed by atoms with van der Waals surface area (Å²) in [6, 6.07) is 12.0. The summed E-state index contributed by atoms with van der Waals surface area (Å²) in [6.07, 6.45) is 2.85. The molecule has 0 bridgehead atoms. The Balaban J connectivity index is 1.65. The van der Waals surface area contributed by atoms with Crippen LogP contribution in [0.5, 0.6) is 11.5 Å². The third-order valence-electron chi connectivity index (χ3n) is 7.06. The quantitative estimate of drug-likeness (QED) is 0.364. The van der Waals surface area contributed by atoms with Crippen LogP contribution in [0.1, 0.15) is 77.7 Å². The second-order valence-corrected chi connectivity index (χ2v) is 11.6. The molecule has 2 aliphatic rings. The number of carbonyl (C=O) groups is 3. The molecule has 2 aliphatic heterocycles. The van der Waals surface area contributed by atoms with Crippen LogP contribution in [0.3, 0.4) is 0 Å². The highest BCUT2D eigenvalue weighted by molar-refractivity contribution is 6.18. The van der Waals surface area contributed by atoms with Crippen molar-refractivity contribution in [2.45, 2.75) is 58.6 Å². The minimum absolute atomic E-state index is 0.113. The van der Waals surface area contributed by atoms with Crippen molar-refractivity contribution in [2.75, 3.05) is 18.5 Å². The summed E-state index contributed by atoms with van der Waals surface area (Å²) < 4.78 is 12.4. The van der Waals surface area contributed by atoms with Gasteiger partial charge in [0.25, 0.3) is 11.8 Å². The number of aliphatic imine (C=N–C) groups is 1. The molecule has 3 heterocycles. The van der Waals surface area contributed by atoms with Gasteiger partial charge in [0.05, 0.1) is 29.1 Å². The van der Waals surface area contributed by atoms with E-state index in [1.165, 1.54) is 6.20 Å². The number of rotatable bonds is 8. The molecule has 10 nitrogen and oxygen atoms in total. The molecule has 2 amide bonds. The third-order valence-corrected chi connectivity index (χ3v) is 7.06. The third kappa shape index (κ3) is 5.83. The second-order valence-electron chi connectivity index (χ2n) is 11.6. The number of nitrogens with one attached hydrogen (secondary N) is 2. The topological polar surface area (TPSA) is 139 Å². The van der Waals surface area contributed by atoms with Gasteiger partial charge in [-0.3, -0.25) is 24.4 Å². The molecule has 2 aromatic carbocycles. The smallest absolute Gasteiger partial charge is 0.322 e. The van der Waals surface area contributed by atoms with E-state index in [2.05, 4.69) is 29.5 Å². The van der Waals surface area contributed by atoms with Crippen LogP contribution in [0.15, 0.2) is 53.7 Å². The molecule has 0 saturated heterocycles. The lowest BCUT2D eigenvalue weighted by Gasteiger charge is -2.31. The fraction of sp³-hybridized carbons (Fsp3) is 0.344. The molecule has 0 saturated carbocycles. The standard InChI is InChI=1S/C32H34N4O6/c1-6-41-24-14-19-15-31(2,3)36-27(26(19)21-16-32(4,5)42-28(21)24)18-10-11-20(29(39)34-17-25(37)38)23(13-18)35-30(40)22-9-7-8-12-33-22/h7-14H,6,15-17H2,1-5H3,(H,34,39)(H,35,40)(H,37,38). The van der Waals surface area contributed by atoms with E-state index in [4.69, 9.17) is 19.6 Å². The average Bonchev–Trinajstić information content (AvgIpc) is 3.26. The van der Waals surface area contributed by atoms with Gasteiger partial charge >= 0.3 is 5.97 Å². The predicted octanol–water partition coefficient (Wildman–Crippen LogP) is 4.43. The molecule has 5 rings (SSSR count). The molecule has 10 heteroatoms. The minimum atomic E-state index is -1.18. The molecule has 0 spiro atoms. The lowest BCUT2D eigenvalue weighted by molar-refractivity contribution is -0.135. The first-order valence-corrected chi connectivity index (χ1v) is 13.8. The highest BCUT2D eigenvalue weighted by Crippen LogP contribution is 2.48. The van der Waals surface area contributed by atoms with Crippen LogP contribution in [0.2, 0.25) is 0 Å². The number of aromatic nitrogens is 1. The molecule has 0 radical (unpaired) electrons. The largest absolute Gasteiger partial charge is 0.490 e. The molecular weight excluding hydrogens is 536 g/mol. The summed E-state index contributed by atoms with van der Waals surface area (Å²) in [7, 11) is 0. The van der Waals surface area contributed by atoms with Gasteiger partial charge < -0.3 is 25.2 Å². The van der Waals surface area contributed by atoms with E-state index in [9.17, 15) is 14.4 Å². The SMILES string of the molecule is CCOc1cc2c(c3c1OC(C)(C)C3)C(c1ccc(C(=O)NCC(=O)O)c(NC(=O)c3ccccn3)c1)=NC(C)(C)C2. The van der Waals surface area contributed by atoms with Crippen LogP contribution < -0.4 is 20.1 Å².